The first-order valence-electron chi connectivity index (χ1n) is 10.5. The molecule has 1 aromatic carbocycles. The summed E-state index contributed by atoms with van der Waals surface area (Å²) < 4.78 is 0. The summed E-state index contributed by atoms with van der Waals surface area (Å²) in [5.41, 5.74) is 1.04. The molecule has 4 aliphatic rings. The Morgan fingerprint density at radius 1 is 1.13 bits per heavy atom. The van der Waals surface area contributed by atoms with Crippen LogP contribution in [0.4, 0.5) is 11.8 Å². The highest BCUT2D eigenvalue weighted by Crippen LogP contribution is 2.60. The zero-order chi connectivity index (χ0) is 20.7. The Labute approximate surface area is 175 Å². The Kier molecular flexibility index (Phi) is 4.47. The lowest BCUT2D eigenvalue weighted by atomic mass is 9.48. The zero-order valence-corrected chi connectivity index (χ0v) is 16.7. The monoisotopic (exact) mass is 400 g/mol. The number of hydrogen-bond acceptors (Lipinski definition) is 7. The van der Waals surface area contributed by atoms with E-state index in [2.05, 4.69) is 32.7 Å². The van der Waals surface area contributed by atoms with E-state index in [0.29, 0.717) is 41.6 Å². The highest BCUT2D eigenvalue weighted by atomic mass is 16.3. The van der Waals surface area contributed by atoms with Crippen LogP contribution < -0.4 is 10.6 Å². The number of anilines is 2. The van der Waals surface area contributed by atoms with Crippen LogP contribution in [-0.4, -0.2) is 21.1 Å². The fourth-order valence-corrected chi connectivity index (χ4v) is 6.05. The van der Waals surface area contributed by atoms with Gasteiger partial charge in [-0.2, -0.15) is 15.5 Å². The summed E-state index contributed by atoms with van der Waals surface area (Å²) in [6, 6.07) is 12.2. The van der Waals surface area contributed by atoms with Crippen molar-refractivity contribution in [1.29, 1.82) is 10.5 Å². The fraction of sp³-hybridized carbons (Fsp3) is 0.478. The number of aromatic nitrogens is 2. The lowest BCUT2D eigenvalue weighted by Gasteiger charge is -2.57. The quantitative estimate of drug-likeness (QED) is 0.699. The zero-order valence-electron chi connectivity index (χ0n) is 16.7. The summed E-state index contributed by atoms with van der Waals surface area (Å²) in [4.78, 5) is 8.83. The van der Waals surface area contributed by atoms with Crippen molar-refractivity contribution >= 4 is 11.8 Å². The average Bonchev–Trinajstić information content (AvgIpc) is 2.75. The van der Waals surface area contributed by atoms with Crippen LogP contribution in [0, 0.1) is 45.8 Å². The first-order chi connectivity index (χ1) is 14.6. The van der Waals surface area contributed by atoms with Crippen LogP contribution >= 0.6 is 0 Å². The van der Waals surface area contributed by atoms with Crippen molar-refractivity contribution in [3.63, 3.8) is 0 Å². The number of aromatic hydroxyl groups is 1. The van der Waals surface area contributed by atoms with Crippen molar-refractivity contribution in [1.82, 2.24) is 9.97 Å². The Morgan fingerprint density at radius 3 is 2.60 bits per heavy atom. The Balaban J connectivity index is 1.35. The van der Waals surface area contributed by atoms with Crippen LogP contribution in [0.15, 0.2) is 30.5 Å². The number of hydrogen-bond donors (Lipinski definition) is 3. The van der Waals surface area contributed by atoms with Gasteiger partial charge < -0.3 is 15.7 Å². The van der Waals surface area contributed by atoms with E-state index < -0.39 is 0 Å². The van der Waals surface area contributed by atoms with Crippen molar-refractivity contribution in [2.45, 2.75) is 44.7 Å². The second-order valence-corrected chi connectivity index (χ2v) is 9.08. The molecule has 30 heavy (non-hydrogen) atoms. The van der Waals surface area contributed by atoms with Gasteiger partial charge in [0.05, 0.1) is 17.7 Å². The summed E-state index contributed by atoms with van der Waals surface area (Å²) in [5.74, 6) is 2.76. The third-order valence-corrected chi connectivity index (χ3v) is 7.15. The maximum atomic E-state index is 9.94. The summed E-state index contributed by atoms with van der Waals surface area (Å²) in [6.45, 7) is 0.388. The van der Waals surface area contributed by atoms with Crippen LogP contribution in [0.25, 0.3) is 0 Å². The van der Waals surface area contributed by atoms with Gasteiger partial charge in [0.15, 0.2) is 0 Å². The molecule has 152 valence electrons. The number of para-hydroxylation sites is 1. The summed E-state index contributed by atoms with van der Waals surface area (Å²) in [7, 11) is 0. The first kappa shape index (κ1) is 18.7. The van der Waals surface area contributed by atoms with E-state index in [1.165, 1.54) is 6.20 Å². The van der Waals surface area contributed by atoms with E-state index in [1.54, 1.807) is 12.1 Å². The molecule has 7 nitrogen and oxygen atoms in total. The number of phenolic OH excluding ortho intramolecular Hbond substituents is 1. The van der Waals surface area contributed by atoms with Crippen LogP contribution in [0.1, 0.15) is 43.2 Å². The Morgan fingerprint density at radius 2 is 1.90 bits per heavy atom. The van der Waals surface area contributed by atoms with Gasteiger partial charge in [-0.15, -0.1) is 0 Å². The number of phenols is 1. The minimum Gasteiger partial charge on any atom is -0.508 e. The molecule has 0 amide bonds. The van der Waals surface area contributed by atoms with E-state index in [9.17, 15) is 15.6 Å². The van der Waals surface area contributed by atoms with Crippen molar-refractivity contribution in [2.75, 3.05) is 10.6 Å². The number of nitrogens with zero attached hydrogens (tertiary/aromatic N) is 4. The molecule has 0 radical (unpaired) electrons. The normalized spacial score (nSPS) is 31.0. The average molecular weight is 400 g/mol. The topological polar surface area (TPSA) is 118 Å². The molecule has 4 fully saturated rings. The van der Waals surface area contributed by atoms with Gasteiger partial charge in [-0.05, 0) is 55.9 Å². The number of benzene rings is 1. The van der Waals surface area contributed by atoms with E-state index >= 15 is 0 Å². The van der Waals surface area contributed by atoms with Crippen molar-refractivity contribution in [3.8, 4) is 17.9 Å². The molecule has 1 heterocycles. The van der Waals surface area contributed by atoms with Crippen LogP contribution in [0.5, 0.6) is 5.75 Å². The summed E-state index contributed by atoms with van der Waals surface area (Å²) in [5, 5.41) is 35.9. The second-order valence-electron chi connectivity index (χ2n) is 9.08. The van der Waals surface area contributed by atoms with Crippen molar-refractivity contribution < 1.29 is 5.11 Å². The smallest absolute Gasteiger partial charge is 0.224 e. The lowest BCUT2D eigenvalue weighted by molar-refractivity contribution is -0.0297. The molecule has 2 aromatic rings. The molecule has 7 heteroatoms. The molecule has 4 bridgehead atoms. The standard InChI is InChI=1S/C23H24N6O/c24-10-18-12-27-22(26-11-15-3-1-2-4-19(15)30)29-21(18)28-20-16-5-14-6-17(20)9-23(7-14,8-16)13-25/h1-4,12,14,16-17,20,30H,5-9,11H2,(H2,26,27,28,29)/t14?,16-,17+,20-,23-. The van der Waals surface area contributed by atoms with Gasteiger partial charge >= 0.3 is 0 Å². The molecule has 5 atom stereocenters. The Bertz CT molecular complexity index is 1040. The highest BCUT2D eigenvalue weighted by molar-refractivity contribution is 5.54. The Hall–Kier alpha value is -3.32. The second kappa shape index (κ2) is 7.18. The molecule has 0 saturated heterocycles. The number of rotatable bonds is 5. The molecule has 0 aliphatic heterocycles. The fourth-order valence-electron chi connectivity index (χ4n) is 6.05. The molecule has 3 N–H and O–H groups in total. The minimum absolute atomic E-state index is 0.136. The molecular weight excluding hydrogens is 376 g/mol. The molecule has 1 aromatic heterocycles. The number of nitrogens with one attached hydrogen (secondary N) is 2. The molecule has 4 aliphatic carbocycles. The summed E-state index contributed by atoms with van der Waals surface area (Å²) in [6.07, 6.45) is 6.79. The van der Waals surface area contributed by atoms with Crippen LogP contribution in [0.2, 0.25) is 0 Å². The molecule has 1 unspecified atom stereocenters. The van der Waals surface area contributed by atoms with E-state index in [0.717, 1.165) is 37.7 Å². The predicted molar refractivity (Wildman–Crippen MR) is 111 cm³/mol. The molecular formula is C23H24N6O. The SMILES string of the molecule is N#Cc1cnc(NCc2ccccc2O)nc1N[C@@H]1[C@@H]2CC3C[C@H]1C[C@@](C#N)(C3)C2. The molecule has 0 spiro atoms. The van der Waals surface area contributed by atoms with E-state index in [-0.39, 0.29) is 17.2 Å². The van der Waals surface area contributed by atoms with Crippen LogP contribution in [-0.2, 0) is 6.54 Å². The predicted octanol–water partition coefficient (Wildman–Crippen LogP) is 3.80. The number of nitriles is 2. The van der Waals surface area contributed by atoms with Gasteiger partial charge in [0.2, 0.25) is 5.95 Å². The molecule has 4 saturated carbocycles. The summed E-state index contributed by atoms with van der Waals surface area (Å²) >= 11 is 0. The first-order valence-corrected chi connectivity index (χ1v) is 10.5. The largest absolute Gasteiger partial charge is 0.508 e. The van der Waals surface area contributed by atoms with Gasteiger partial charge in [0.1, 0.15) is 23.2 Å². The van der Waals surface area contributed by atoms with Crippen LogP contribution in [0.3, 0.4) is 0 Å². The lowest BCUT2D eigenvalue weighted by Crippen LogP contribution is -2.55. The van der Waals surface area contributed by atoms with Gasteiger partial charge in [0.25, 0.3) is 0 Å². The van der Waals surface area contributed by atoms with Crippen molar-refractivity contribution in [2.24, 2.45) is 23.2 Å². The van der Waals surface area contributed by atoms with E-state index in [4.69, 9.17) is 0 Å². The van der Waals surface area contributed by atoms with Gasteiger partial charge in [-0.1, -0.05) is 18.2 Å². The maximum Gasteiger partial charge on any atom is 0.224 e. The van der Waals surface area contributed by atoms with Crippen molar-refractivity contribution in [3.05, 3.63) is 41.6 Å². The minimum atomic E-state index is -0.136. The maximum absolute atomic E-state index is 9.94. The van der Waals surface area contributed by atoms with Gasteiger partial charge in [-0.3, -0.25) is 0 Å². The van der Waals surface area contributed by atoms with Gasteiger partial charge in [-0.25, -0.2) is 4.98 Å². The third kappa shape index (κ3) is 3.21. The molecule has 6 rings (SSSR count). The third-order valence-electron chi connectivity index (χ3n) is 7.15. The van der Waals surface area contributed by atoms with E-state index in [1.807, 2.05) is 12.1 Å². The van der Waals surface area contributed by atoms with Gasteiger partial charge in [0, 0.05) is 18.2 Å². The highest BCUT2D eigenvalue weighted by Gasteiger charge is 2.55.